The van der Waals surface area contributed by atoms with Crippen LogP contribution < -0.4 is 4.90 Å². The number of halogens is 3. The van der Waals surface area contributed by atoms with Gasteiger partial charge in [-0.3, -0.25) is 14.4 Å². The SMILES string of the molecule is O=C(O)c1cnn(CC(=O)N2CCC(C(F)(F)F)n3nccc32)c1. The Balaban J connectivity index is 1.80. The Kier molecular flexibility index (Phi) is 3.78. The Morgan fingerprint density at radius 1 is 1.33 bits per heavy atom. The van der Waals surface area contributed by atoms with E-state index < -0.39 is 24.1 Å². The zero-order chi connectivity index (χ0) is 17.5. The normalized spacial score (nSPS) is 17.6. The second-order valence-electron chi connectivity index (χ2n) is 5.26. The maximum Gasteiger partial charge on any atom is 0.410 e. The van der Waals surface area contributed by atoms with Crippen LogP contribution >= 0.6 is 0 Å². The lowest BCUT2D eigenvalue weighted by Crippen LogP contribution is -2.44. The van der Waals surface area contributed by atoms with Gasteiger partial charge in [0.2, 0.25) is 5.91 Å². The molecule has 1 aliphatic heterocycles. The standard InChI is InChI=1S/C13H12F3N5O3/c14-13(15,16)9-2-4-20(10-1-3-17-21(9)10)11(22)7-19-6-8(5-18-19)12(23)24/h1,3,5-6,9H,2,4,7H2,(H,23,24). The van der Waals surface area contributed by atoms with Gasteiger partial charge in [-0.1, -0.05) is 0 Å². The fourth-order valence-electron chi connectivity index (χ4n) is 2.59. The molecule has 1 amide bonds. The Morgan fingerprint density at radius 2 is 2.08 bits per heavy atom. The largest absolute Gasteiger partial charge is 0.478 e. The van der Waals surface area contributed by atoms with Crippen molar-refractivity contribution in [2.45, 2.75) is 25.2 Å². The fraction of sp³-hybridized carbons (Fsp3) is 0.385. The van der Waals surface area contributed by atoms with Crippen LogP contribution in [0.25, 0.3) is 0 Å². The van der Waals surface area contributed by atoms with Gasteiger partial charge in [0.05, 0.1) is 18.0 Å². The molecule has 0 bridgehead atoms. The summed E-state index contributed by atoms with van der Waals surface area (Å²) in [5.41, 5.74) is -0.0800. The molecule has 2 aromatic heterocycles. The molecule has 0 spiro atoms. The average Bonchev–Trinajstić information content (AvgIpc) is 3.13. The van der Waals surface area contributed by atoms with Crippen molar-refractivity contribution in [3.8, 4) is 0 Å². The van der Waals surface area contributed by atoms with Crippen LogP contribution in [0.5, 0.6) is 0 Å². The Hall–Kier alpha value is -2.85. The van der Waals surface area contributed by atoms with Crippen LogP contribution in [0.15, 0.2) is 24.7 Å². The molecule has 0 saturated carbocycles. The number of aromatic carboxylic acids is 1. The van der Waals surface area contributed by atoms with Gasteiger partial charge >= 0.3 is 12.1 Å². The number of carbonyl (C=O) groups excluding carboxylic acids is 1. The van der Waals surface area contributed by atoms with E-state index in [2.05, 4.69) is 10.2 Å². The minimum Gasteiger partial charge on any atom is -0.478 e. The molecule has 0 saturated heterocycles. The zero-order valence-electron chi connectivity index (χ0n) is 12.1. The molecule has 0 aliphatic carbocycles. The van der Waals surface area contributed by atoms with Crippen molar-refractivity contribution in [2.75, 3.05) is 11.4 Å². The summed E-state index contributed by atoms with van der Waals surface area (Å²) < 4.78 is 41.0. The highest BCUT2D eigenvalue weighted by molar-refractivity contribution is 5.93. The van der Waals surface area contributed by atoms with Crippen molar-refractivity contribution in [3.63, 3.8) is 0 Å². The Bertz CT molecular complexity index is 782. The third-order valence-electron chi connectivity index (χ3n) is 3.70. The molecule has 8 nitrogen and oxygen atoms in total. The first-order valence-electron chi connectivity index (χ1n) is 6.93. The van der Waals surface area contributed by atoms with E-state index >= 15 is 0 Å². The van der Waals surface area contributed by atoms with Gasteiger partial charge in [0.1, 0.15) is 12.4 Å². The van der Waals surface area contributed by atoms with Crippen molar-refractivity contribution in [2.24, 2.45) is 0 Å². The van der Waals surface area contributed by atoms with E-state index in [4.69, 9.17) is 5.11 Å². The van der Waals surface area contributed by atoms with Gasteiger partial charge in [-0.2, -0.15) is 23.4 Å². The van der Waals surface area contributed by atoms with E-state index in [1.54, 1.807) is 0 Å². The molecule has 24 heavy (non-hydrogen) atoms. The summed E-state index contributed by atoms with van der Waals surface area (Å²) in [7, 11) is 0. The molecule has 0 fully saturated rings. The Labute approximate surface area is 133 Å². The molecule has 1 atom stereocenters. The minimum atomic E-state index is -4.45. The first-order chi connectivity index (χ1) is 11.3. The summed E-state index contributed by atoms with van der Waals surface area (Å²) in [6.07, 6.45) is -1.27. The van der Waals surface area contributed by atoms with Crippen LogP contribution in [0.2, 0.25) is 0 Å². The number of carboxylic acid groups (broad SMARTS) is 1. The predicted molar refractivity (Wildman–Crippen MR) is 73.5 cm³/mol. The Morgan fingerprint density at radius 3 is 2.71 bits per heavy atom. The number of hydrogen-bond acceptors (Lipinski definition) is 4. The maximum atomic E-state index is 13.0. The second-order valence-corrected chi connectivity index (χ2v) is 5.26. The fourth-order valence-corrected chi connectivity index (χ4v) is 2.59. The van der Waals surface area contributed by atoms with Gasteiger partial charge in [-0.15, -0.1) is 0 Å². The maximum absolute atomic E-state index is 13.0. The van der Waals surface area contributed by atoms with Gasteiger partial charge in [0.15, 0.2) is 6.04 Å². The molecular formula is C13H12F3N5O3. The molecule has 3 heterocycles. The zero-order valence-corrected chi connectivity index (χ0v) is 12.1. The van der Waals surface area contributed by atoms with Gasteiger partial charge in [0.25, 0.3) is 0 Å². The van der Waals surface area contributed by atoms with Crippen LogP contribution in [0, 0.1) is 0 Å². The van der Waals surface area contributed by atoms with Gasteiger partial charge in [0, 0.05) is 18.8 Å². The topological polar surface area (TPSA) is 93.2 Å². The van der Waals surface area contributed by atoms with E-state index in [0.29, 0.717) is 0 Å². The van der Waals surface area contributed by atoms with Crippen LogP contribution in [-0.2, 0) is 11.3 Å². The highest BCUT2D eigenvalue weighted by Crippen LogP contribution is 2.38. The summed E-state index contributed by atoms with van der Waals surface area (Å²) >= 11 is 0. The summed E-state index contributed by atoms with van der Waals surface area (Å²) in [6, 6.07) is -0.434. The number of hydrogen-bond donors (Lipinski definition) is 1. The third kappa shape index (κ3) is 2.84. The van der Waals surface area contributed by atoms with Gasteiger partial charge < -0.3 is 5.11 Å². The molecule has 128 valence electrons. The van der Waals surface area contributed by atoms with Gasteiger partial charge in [-0.25, -0.2) is 9.48 Å². The third-order valence-corrected chi connectivity index (χ3v) is 3.70. The quantitative estimate of drug-likeness (QED) is 0.907. The van der Waals surface area contributed by atoms with Crippen molar-refractivity contribution in [1.29, 1.82) is 0 Å². The first kappa shape index (κ1) is 16.0. The van der Waals surface area contributed by atoms with E-state index in [9.17, 15) is 22.8 Å². The number of aromatic nitrogens is 4. The predicted octanol–water partition coefficient (Wildman–Crippen LogP) is 1.32. The number of nitrogens with zero attached hydrogens (tertiary/aromatic N) is 5. The van der Waals surface area contributed by atoms with Crippen molar-refractivity contribution in [1.82, 2.24) is 19.6 Å². The van der Waals surface area contributed by atoms with E-state index in [1.807, 2.05) is 0 Å². The summed E-state index contributed by atoms with van der Waals surface area (Å²) in [5.74, 6) is -1.63. The molecule has 3 rings (SSSR count). The second kappa shape index (κ2) is 5.65. The first-order valence-corrected chi connectivity index (χ1v) is 6.93. The molecule has 1 N–H and O–H groups in total. The lowest BCUT2D eigenvalue weighted by Gasteiger charge is -2.33. The van der Waals surface area contributed by atoms with Crippen LogP contribution in [0.1, 0.15) is 22.8 Å². The monoisotopic (exact) mass is 343 g/mol. The lowest BCUT2D eigenvalue weighted by atomic mass is 10.1. The number of carbonyl (C=O) groups is 2. The molecule has 11 heteroatoms. The average molecular weight is 343 g/mol. The highest BCUT2D eigenvalue weighted by atomic mass is 19.4. The smallest absolute Gasteiger partial charge is 0.410 e. The number of amides is 1. The van der Waals surface area contributed by atoms with E-state index in [1.165, 1.54) is 23.4 Å². The summed E-state index contributed by atoms with van der Waals surface area (Å²) in [4.78, 5) is 24.3. The highest BCUT2D eigenvalue weighted by Gasteiger charge is 2.45. The van der Waals surface area contributed by atoms with Crippen molar-refractivity contribution < 1.29 is 27.9 Å². The molecule has 0 radical (unpaired) electrons. The molecule has 0 aromatic carbocycles. The minimum absolute atomic E-state index is 0.0548. The number of rotatable bonds is 3. The van der Waals surface area contributed by atoms with E-state index in [0.717, 1.165) is 15.6 Å². The van der Waals surface area contributed by atoms with Crippen molar-refractivity contribution >= 4 is 17.7 Å². The van der Waals surface area contributed by atoms with Gasteiger partial charge in [-0.05, 0) is 6.42 Å². The molecule has 1 unspecified atom stereocenters. The molecular weight excluding hydrogens is 331 g/mol. The molecule has 2 aromatic rings. The summed E-state index contributed by atoms with van der Waals surface area (Å²) in [5, 5.41) is 16.3. The number of anilines is 1. The number of alkyl halides is 3. The van der Waals surface area contributed by atoms with Crippen LogP contribution in [0.3, 0.4) is 0 Å². The van der Waals surface area contributed by atoms with Crippen molar-refractivity contribution in [3.05, 3.63) is 30.2 Å². The van der Waals surface area contributed by atoms with Crippen LogP contribution in [0.4, 0.5) is 19.0 Å². The summed E-state index contributed by atoms with van der Waals surface area (Å²) in [6.45, 7) is -0.392. The van der Waals surface area contributed by atoms with Crippen LogP contribution in [-0.4, -0.2) is 49.3 Å². The molecule has 1 aliphatic rings. The lowest BCUT2D eigenvalue weighted by molar-refractivity contribution is -0.173. The number of fused-ring (bicyclic) bond motifs is 1. The number of carboxylic acids is 1. The van der Waals surface area contributed by atoms with E-state index in [-0.39, 0.29) is 30.9 Å².